The highest BCUT2D eigenvalue weighted by Gasteiger charge is 2.12. The highest BCUT2D eigenvalue weighted by atomic mass is 35.5. The van der Waals surface area contributed by atoms with E-state index in [4.69, 9.17) is 0 Å². The smallest absolute Gasteiger partial charge is 0.266 e. The largest absolute Gasteiger partial charge is 0.268 e. The molecule has 0 saturated heterocycles. The van der Waals surface area contributed by atoms with Crippen LogP contribution in [0.1, 0.15) is 11.4 Å². The summed E-state index contributed by atoms with van der Waals surface area (Å²) in [5.74, 6) is 0.566. The van der Waals surface area contributed by atoms with Crippen LogP contribution in [-0.2, 0) is 0 Å². The highest BCUT2D eigenvalue weighted by molar-refractivity contribution is 5.85. The lowest BCUT2D eigenvalue weighted by atomic mass is 10.1. The number of rotatable bonds is 1. The summed E-state index contributed by atoms with van der Waals surface area (Å²) in [7, 11) is 0. The van der Waals surface area contributed by atoms with Crippen LogP contribution in [0, 0.1) is 18.3 Å². The van der Waals surface area contributed by atoms with Crippen molar-refractivity contribution in [3.05, 3.63) is 70.3 Å². The van der Waals surface area contributed by atoms with Gasteiger partial charge in [0.1, 0.15) is 11.9 Å². The molecule has 1 heterocycles. The lowest BCUT2D eigenvalue weighted by Crippen LogP contribution is -2.23. The van der Waals surface area contributed by atoms with Gasteiger partial charge in [-0.25, -0.2) is 4.98 Å². The summed E-state index contributed by atoms with van der Waals surface area (Å²) in [6.07, 6.45) is 0. The van der Waals surface area contributed by atoms with Gasteiger partial charge in [0.15, 0.2) is 0 Å². The van der Waals surface area contributed by atoms with Crippen LogP contribution in [0.3, 0.4) is 0 Å². The normalized spacial score (nSPS) is 9.90. The van der Waals surface area contributed by atoms with Crippen molar-refractivity contribution >= 4 is 23.3 Å². The van der Waals surface area contributed by atoms with Gasteiger partial charge in [-0.05, 0) is 31.2 Å². The maximum Gasteiger partial charge on any atom is 0.266 e. The molecular formula is C16H12ClN3O. The zero-order chi connectivity index (χ0) is 14.1. The summed E-state index contributed by atoms with van der Waals surface area (Å²) in [6, 6.07) is 16.3. The fourth-order valence-electron chi connectivity index (χ4n) is 2.29. The van der Waals surface area contributed by atoms with E-state index in [1.807, 2.05) is 12.1 Å². The van der Waals surface area contributed by atoms with Gasteiger partial charge in [0.25, 0.3) is 5.56 Å². The van der Waals surface area contributed by atoms with Crippen molar-refractivity contribution in [1.82, 2.24) is 9.55 Å². The molecule has 0 aliphatic heterocycles. The van der Waals surface area contributed by atoms with Gasteiger partial charge in [-0.15, -0.1) is 12.4 Å². The first-order valence-electron chi connectivity index (χ1n) is 6.20. The summed E-state index contributed by atoms with van der Waals surface area (Å²) in [5.41, 5.74) is 1.53. The molecule has 4 nitrogen and oxygen atoms in total. The predicted octanol–water partition coefficient (Wildman–Crippen LogP) is 2.99. The third-order valence-electron chi connectivity index (χ3n) is 3.21. The van der Waals surface area contributed by atoms with Crippen LogP contribution < -0.4 is 5.56 Å². The second-order valence-electron chi connectivity index (χ2n) is 4.45. The van der Waals surface area contributed by atoms with Gasteiger partial charge in [-0.2, -0.15) is 5.26 Å². The van der Waals surface area contributed by atoms with E-state index in [1.54, 1.807) is 43.3 Å². The maximum atomic E-state index is 12.6. The molecule has 0 bridgehead atoms. The van der Waals surface area contributed by atoms with Crippen molar-refractivity contribution in [1.29, 1.82) is 5.26 Å². The molecule has 0 N–H and O–H groups in total. The second-order valence-corrected chi connectivity index (χ2v) is 4.45. The Balaban J connectivity index is 0.00000161. The SMILES string of the molecule is Cc1nc2ccccc2c(=O)n1-c1ccccc1C#N.Cl. The number of hydrogen-bond acceptors (Lipinski definition) is 3. The molecule has 0 aliphatic rings. The molecule has 104 valence electrons. The number of benzene rings is 2. The molecule has 2 aromatic carbocycles. The van der Waals surface area contributed by atoms with E-state index >= 15 is 0 Å². The standard InChI is InChI=1S/C16H11N3O.ClH/c1-11-18-14-8-4-3-7-13(14)16(20)19(11)15-9-5-2-6-12(15)10-17;/h2-9H,1H3;1H. The first kappa shape index (κ1) is 14.8. The van der Waals surface area contributed by atoms with Crippen molar-refractivity contribution in [3.63, 3.8) is 0 Å². The topological polar surface area (TPSA) is 58.7 Å². The van der Waals surface area contributed by atoms with Gasteiger partial charge >= 0.3 is 0 Å². The maximum absolute atomic E-state index is 12.6. The van der Waals surface area contributed by atoms with Crippen LogP contribution in [0.2, 0.25) is 0 Å². The Bertz CT molecular complexity index is 909. The molecule has 0 spiro atoms. The van der Waals surface area contributed by atoms with Gasteiger partial charge in [0.2, 0.25) is 0 Å². The summed E-state index contributed by atoms with van der Waals surface area (Å²) in [4.78, 5) is 17.1. The van der Waals surface area contributed by atoms with Crippen LogP contribution in [0.5, 0.6) is 0 Å². The minimum absolute atomic E-state index is 0. The molecule has 0 fully saturated rings. The van der Waals surface area contributed by atoms with Gasteiger partial charge < -0.3 is 0 Å². The number of nitrogens with zero attached hydrogens (tertiary/aromatic N) is 3. The molecule has 3 rings (SSSR count). The molecule has 0 aliphatic carbocycles. The van der Waals surface area contributed by atoms with E-state index in [-0.39, 0.29) is 18.0 Å². The average Bonchev–Trinajstić information content (AvgIpc) is 2.48. The van der Waals surface area contributed by atoms with E-state index in [2.05, 4.69) is 11.1 Å². The van der Waals surface area contributed by atoms with E-state index in [1.165, 1.54) is 4.57 Å². The lowest BCUT2D eigenvalue weighted by molar-refractivity contribution is 0.892. The van der Waals surface area contributed by atoms with Gasteiger partial charge in [0.05, 0.1) is 22.2 Å². The van der Waals surface area contributed by atoms with Crippen LogP contribution in [0.25, 0.3) is 16.6 Å². The summed E-state index contributed by atoms with van der Waals surface area (Å²) in [5, 5.41) is 9.74. The van der Waals surface area contributed by atoms with Gasteiger partial charge in [-0.3, -0.25) is 9.36 Å². The molecule has 0 saturated carbocycles. The number of halogens is 1. The molecule has 0 unspecified atom stereocenters. The van der Waals surface area contributed by atoms with Crippen LogP contribution >= 0.6 is 12.4 Å². The molecule has 0 radical (unpaired) electrons. The van der Waals surface area contributed by atoms with Gasteiger partial charge in [0, 0.05) is 0 Å². The van der Waals surface area contributed by atoms with Crippen molar-refractivity contribution < 1.29 is 0 Å². The number of aromatic nitrogens is 2. The first-order chi connectivity index (χ1) is 9.72. The minimum Gasteiger partial charge on any atom is -0.268 e. The molecule has 3 aromatic rings. The fourth-order valence-corrected chi connectivity index (χ4v) is 2.29. The summed E-state index contributed by atoms with van der Waals surface area (Å²) >= 11 is 0. The molecule has 0 amide bonds. The Kier molecular flexibility index (Phi) is 4.06. The van der Waals surface area contributed by atoms with Crippen LogP contribution in [0.15, 0.2) is 53.3 Å². The monoisotopic (exact) mass is 297 g/mol. The Hall–Kier alpha value is -2.64. The highest BCUT2D eigenvalue weighted by Crippen LogP contribution is 2.15. The van der Waals surface area contributed by atoms with Crippen molar-refractivity contribution in [2.75, 3.05) is 0 Å². The Morgan fingerprint density at radius 2 is 1.76 bits per heavy atom. The van der Waals surface area contributed by atoms with Crippen molar-refractivity contribution in [3.8, 4) is 11.8 Å². The van der Waals surface area contributed by atoms with Crippen LogP contribution in [0.4, 0.5) is 0 Å². The third kappa shape index (κ3) is 2.39. The average molecular weight is 298 g/mol. The zero-order valence-corrected chi connectivity index (χ0v) is 12.1. The van der Waals surface area contributed by atoms with E-state index in [0.717, 1.165) is 0 Å². The number of hydrogen-bond donors (Lipinski definition) is 0. The van der Waals surface area contributed by atoms with Gasteiger partial charge in [-0.1, -0.05) is 24.3 Å². The molecular weight excluding hydrogens is 286 g/mol. The molecule has 21 heavy (non-hydrogen) atoms. The fraction of sp³-hybridized carbons (Fsp3) is 0.0625. The van der Waals surface area contributed by atoms with Crippen molar-refractivity contribution in [2.45, 2.75) is 6.92 Å². The molecule has 0 atom stereocenters. The molecule has 5 heteroatoms. The number of nitriles is 1. The number of aryl methyl sites for hydroxylation is 1. The number of para-hydroxylation sites is 2. The first-order valence-corrected chi connectivity index (χ1v) is 6.20. The predicted molar refractivity (Wildman–Crippen MR) is 84.0 cm³/mol. The summed E-state index contributed by atoms with van der Waals surface area (Å²) in [6.45, 7) is 1.77. The van der Waals surface area contributed by atoms with Crippen molar-refractivity contribution in [2.24, 2.45) is 0 Å². The Labute approximate surface area is 127 Å². The molecule has 1 aromatic heterocycles. The second kappa shape index (κ2) is 5.78. The minimum atomic E-state index is -0.157. The lowest BCUT2D eigenvalue weighted by Gasteiger charge is -2.11. The Morgan fingerprint density at radius 1 is 1.10 bits per heavy atom. The quantitative estimate of drug-likeness (QED) is 0.694. The summed E-state index contributed by atoms with van der Waals surface area (Å²) < 4.78 is 1.49. The number of fused-ring (bicyclic) bond motifs is 1. The zero-order valence-electron chi connectivity index (χ0n) is 11.3. The van der Waals surface area contributed by atoms with E-state index in [0.29, 0.717) is 28.0 Å². The third-order valence-corrected chi connectivity index (χ3v) is 3.21. The van der Waals surface area contributed by atoms with E-state index in [9.17, 15) is 10.1 Å². The Morgan fingerprint density at radius 3 is 2.52 bits per heavy atom. The van der Waals surface area contributed by atoms with E-state index < -0.39 is 0 Å². The van der Waals surface area contributed by atoms with Crippen LogP contribution in [-0.4, -0.2) is 9.55 Å².